The van der Waals surface area contributed by atoms with Gasteiger partial charge >= 0.3 is 6.01 Å². The van der Waals surface area contributed by atoms with Crippen LogP contribution in [-0.4, -0.2) is 30.8 Å². The van der Waals surface area contributed by atoms with E-state index in [4.69, 9.17) is 16.2 Å². The third-order valence-corrected chi connectivity index (χ3v) is 5.25. The van der Waals surface area contributed by atoms with Crippen molar-refractivity contribution < 1.29 is 9.53 Å². The zero-order chi connectivity index (χ0) is 19.8. The molecule has 4 aromatic heterocycles. The number of aromatic nitrogens is 5. The number of nitrogens with two attached hydrogens (primary N) is 2. The maximum atomic E-state index is 11.8. The van der Waals surface area contributed by atoms with Gasteiger partial charge in [-0.25, -0.2) is 4.98 Å². The largest absolute Gasteiger partial charge is 0.454 e. The Morgan fingerprint density at radius 2 is 2.11 bits per heavy atom. The first-order valence-electron chi connectivity index (χ1n) is 8.43. The van der Waals surface area contributed by atoms with E-state index in [0.29, 0.717) is 27.3 Å². The van der Waals surface area contributed by atoms with Crippen LogP contribution in [0.4, 0.5) is 5.69 Å². The molecule has 28 heavy (non-hydrogen) atoms. The van der Waals surface area contributed by atoms with Gasteiger partial charge in [0.15, 0.2) is 0 Å². The SMILES string of the molecule is Cc1cccc(-c2nc(OC(C)c3c[nH]cn3)nc3sc(C(N)=O)c(N)c23)n1. The third-order valence-electron chi connectivity index (χ3n) is 4.14. The predicted molar refractivity (Wildman–Crippen MR) is 106 cm³/mol. The zero-order valence-electron chi connectivity index (χ0n) is 15.1. The van der Waals surface area contributed by atoms with Crippen molar-refractivity contribution in [3.05, 3.63) is 47.0 Å². The fourth-order valence-electron chi connectivity index (χ4n) is 2.81. The normalized spacial score (nSPS) is 12.2. The number of nitrogen functional groups attached to an aromatic ring is 1. The molecule has 1 atom stereocenters. The van der Waals surface area contributed by atoms with E-state index in [0.717, 1.165) is 17.0 Å². The second kappa shape index (κ2) is 6.89. The standard InChI is InChI=1S/C18H17N7O2S/c1-8-4-3-5-10(23-8)14-12-13(19)15(16(20)26)28-17(12)25-18(24-14)27-9(2)11-6-21-7-22-11/h3-7,9H,19H2,1-2H3,(H2,20,26)(H,21,22). The van der Waals surface area contributed by atoms with Crippen molar-refractivity contribution >= 4 is 33.1 Å². The average molecular weight is 395 g/mol. The predicted octanol–water partition coefficient (Wildman–Crippen LogP) is 2.61. The minimum absolute atomic E-state index is 0.138. The molecular formula is C18H17N7O2S. The molecule has 4 aromatic rings. The highest BCUT2D eigenvalue weighted by Gasteiger charge is 2.23. The molecule has 0 saturated heterocycles. The Morgan fingerprint density at radius 1 is 1.29 bits per heavy atom. The number of amides is 1. The first-order chi connectivity index (χ1) is 13.4. The quantitative estimate of drug-likeness (QED) is 0.471. The second-order valence-electron chi connectivity index (χ2n) is 6.16. The molecular weight excluding hydrogens is 378 g/mol. The lowest BCUT2D eigenvalue weighted by Crippen LogP contribution is -2.10. The summed E-state index contributed by atoms with van der Waals surface area (Å²) in [6.45, 7) is 3.72. The molecule has 4 rings (SSSR count). The molecule has 0 radical (unpaired) electrons. The van der Waals surface area contributed by atoms with Crippen molar-refractivity contribution in [2.45, 2.75) is 20.0 Å². The second-order valence-corrected chi connectivity index (χ2v) is 7.16. The molecule has 0 fully saturated rings. The van der Waals surface area contributed by atoms with Gasteiger partial charge in [-0.15, -0.1) is 11.3 Å². The molecule has 1 unspecified atom stereocenters. The fourth-order valence-corrected chi connectivity index (χ4v) is 3.75. The summed E-state index contributed by atoms with van der Waals surface area (Å²) in [5, 5.41) is 0.539. The molecule has 0 bridgehead atoms. The van der Waals surface area contributed by atoms with Gasteiger partial charge in [-0.2, -0.15) is 9.97 Å². The smallest absolute Gasteiger partial charge is 0.319 e. The van der Waals surface area contributed by atoms with Crippen LogP contribution >= 0.6 is 11.3 Å². The lowest BCUT2D eigenvalue weighted by Gasteiger charge is -2.12. The molecule has 10 heteroatoms. The summed E-state index contributed by atoms with van der Waals surface area (Å²) in [6, 6.07) is 5.70. The van der Waals surface area contributed by atoms with E-state index in [1.165, 1.54) is 0 Å². The number of carbonyl (C=O) groups is 1. The van der Waals surface area contributed by atoms with E-state index in [1.54, 1.807) is 12.5 Å². The third kappa shape index (κ3) is 3.14. The zero-order valence-corrected chi connectivity index (χ0v) is 15.9. The van der Waals surface area contributed by atoms with Gasteiger partial charge in [0.25, 0.3) is 5.91 Å². The highest BCUT2D eigenvalue weighted by Crippen LogP contribution is 2.39. The molecule has 0 aromatic carbocycles. The van der Waals surface area contributed by atoms with E-state index in [2.05, 4.69) is 24.9 Å². The van der Waals surface area contributed by atoms with Crippen molar-refractivity contribution in [1.82, 2.24) is 24.9 Å². The Labute approximate surface area is 163 Å². The van der Waals surface area contributed by atoms with E-state index in [1.807, 2.05) is 32.0 Å². The van der Waals surface area contributed by atoms with E-state index < -0.39 is 5.91 Å². The maximum absolute atomic E-state index is 11.8. The lowest BCUT2D eigenvalue weighted by molar-refractivity contribution is 0.100. The summed E-state index contributed by atoms with van der Waals surface area (Å²) >= 11 is 1.10. The summed E-state index contributed by atoms with van der Waals surface area (Å²) in [4.78, 5) is 33.1. The number of fused-ring (bicyclic) bond motifs is 1. The van der Waals surface area contributed by atoms with Crippen molar-refractivity contribution in [2.24, 2.45) is 5.73 Å². The number of hydrogen-bond donors (Lipinski definition) is 3. The summed E-state index contributed by atoms with van der Waals surface area (Å²) in [6.07, 6.45) is 2.93. The molecule has 4 heterocycles. The number of aryl methyl sites for hydroxylation is 1. The molecule has 1 amide bonds. The average Bonchev–Trinajstić information content (AvgIpc) is 3.30. The first-order valence-corrected chi connectivity index (χ1v) is 9.25. The van der Waals surface area contributed by atoms with Gasteiger partial charge in [0.1, 0.15) is 21.5 Å². The number of pyridine rings is 1. The molecule has 0 aliphatic rings. The Balaban J connectivity index is 1.89. The van der Waals surface area contributed by atoms with Crippen LogP contribution in [0.25, 0.3) is 21.6 Å². The van der Waals surface area contributed by atoms with Gasteiger partial charge in [0.2, 0.25) is 0 Å². The number of thiophene rings is 1. The lowest BCUT2D eigenvalue weighted by atomic mass is 10.1. The summed E-state index contributed by atoms with van der Waals surface area (Å²) < 4.78 is 5.89. The van der Waals surface area contributed by atoms with Crippen LogP contribution in [0.5, 0.6) is 6.01 Å². The summed E-state index contributed by atoms with van der Waals surface area (Å²) in [7, 11) is 0. The maximum Gasteiger partial charge on any atom is 0.319 e. The molecule has 0 saturated carbocycles. The van der Waals surface area contributed by atoms with Crippen molar-refractivity contribution in [1.29, 1.82) is 0 Å². The van der Waals surface area contributed by atoms with Crippen LogP contribution in [0.1, 0.15) is 34.1 Å². The molecule has 0 aliphatic carbocycles. The Bertz CT molecular complexity index is 1170. The number of aromatic amines is 1. The van der Waals surface area contributed by atoms with Crippen LogP contribution in [0.15, 0.2) is 30.7 Å². The number of anilines is 1. The number of rotatable bonds is 5. The van der Waals surface area contributed by atoms with E-state index in [-0.39, 0.29) is 22.7 Å². The van der Waals surface area contributed by atoms with Gasteiger partial charge in [-0.3, -0.25) is 9.78 Å². The Kier molecular flexibility index (Phi) is 4.40. The highest BCUT2D eigenvalue weighted by molar-refractivity contribution is 7.21. The Hall–Kier alpha value is -3.53. The molecule has 9 nitrogen and oxygen atoms in total. The van der Waals surface area contributed by atoms with E-state index in [9.17, 15) is 4.79 Å². The molecule has 5 N–H and O–H groups in total. The summed E-state index contributed by atoms with van der Waals surface area (Å²) in [5.74, 6) is -0.615. The number of carbonyl (C=O) groups excluding carboxylic acids is 1. The fraction of sp³-hybridized carbons (Fsp3) is 0.167. The van der Waals surface area contributed by atoms with Gasteiger partial charge < -0.3 is 21.2 Å². The van der Waals surface area contributed by atoms with Crippen LogP contribution in [0.3, 0.4) is 0 Å². The minimum atomic E-state index is -0.615. The highest BCUT2D eigenvalue weighted by atomic mass is 32.1. The van der Waals surface area contributed by atoms with Gasteiger partial charge in [0.05, 0.1) is 28.8 Å². The number of imidazole rings is 1. The van der Waals surface area contributed by atoms with Gasteiger partial charge in [-0.1, -0.05) is 6.07 Å². The molecule has 0 spiro atoms. The van der Waals surface area contributed by atoms with Crippen LogP contribution in [0.2, 0.25) is 0 Å². The topological polar surface area (TPSA) is 146 Å². The van der Waals surface area contributed by atoms with Gasteiger partial charge in [0, 0.05) is 11.9 Å². The molecule has 142 valence electrons. The number of nitrogens with zero attached hydrogens (tertiary/aromatic N) is 4. The van der Waals surface area contributed by atoms with E-state index >= 15 is 0 Å². The number of ether oxygens (including phenoxy) is 1. The monoisotopic (exact) mass is 395 g/mol. The van der Waals surface area contributed by atoms with Gasteiger partial charge in [-0.05, 0) is 26.0 Å². The number of primary amides is 1. The number of hydrogen-bond acceptors (Lipinski definition) is 8. The van der Waals surface area contributed by atoms with Crippen molar-refractivity contribution in [2.75, 3.05) is 5.73 Å². The minimum Gasteiger partial charge on any atom is -0.454 e. The van der Waals surface area contributed by atoms with Crippen LogP contribution in [0, 0.1) is 6.92 Å². The van der Waals surface area contributed by atoms with Crippen molar-refractivity contribution in [3.8, 4) is 17.4 Å². The van der Waals surface area contributed by atoms with Crippen LogP contribution in [-0.2, 0) is 0 Å². The van der Waals surface area contributed by atoms with Crippen molar-refractivity contribution in [3.63, 3.8) is 0 Å². The van der Waals surface area contributed by atoms with Crippen LogP contribution < -0.4 is 16.2 Å². The molecule has 0 aliphatic heterocycles. The number of H-pyrrole nitrogens is 1. The Morgan fingerprint density at radius 3 is 2.79 bits per heavy atom. The first kappa shape index (κ1) is 17.9. The number of nitrogens with one attached hydrogen (secondary N) is 1. The summed E-state index contributed by atoms with van der Waals surface area (Å²) in [5.41, 5.74) is 14.5.